The van der Waals surface area contributed by atoms with Gasteiger partial charge in [-0.25, -0.2) is 4.98 Å². The number of halogens is 3. The number of aromatic nitrogens is 1. The fraction of sp³-hybridized carbons (Fsp3) is 0.250. The summed E-state index contributed by atoms with van der Waals surface area (Å²) in [4.78, 5) is 27.5. The highest BCUT2D eigenvalue weighted by Crippen LogP contribution is 2.35. The smallest absolute Gasteiger partial charge is 0.421 e. The third kappa shape index (κ3) is 3.44. The van der Waals surface area contributed by atoms with Gasteiger partial charge in [-0.2, -0.15) is 13.2 Å². The Labute approximate surface area is 145 Å². The number of nitro benzene ring substituents is 1. The number of para-hydroxylation sites is 1. The van der Waals surface area contributed by atoms with Crippen LogP contribution in [-0.4, -0.2) is 39.9 Å². The monoisotopic (exact) mass is 367 g/mol. The molecule has 136 valence electrons. The topological polar surface area (TPSA) is 85.6 Å². The molecule has 0 N–H and O–H groups in total. The second-order valence-electron chi connectivity index (χ2n) is 5.58. The van der Waals surface area contributed by atoms with E-state index < -0.39 is 34.6 Å². The Kier molecular flexibility index (Phi) is 4.49. The van der Waals surface area contributed by atoms with Gasteiger partial charge < -0.3 is 9.64 Å². The fourth-order valence-electron chi connectivity index (χ4n) is 2.52. The molecule has 0 atom stereocenters. The van der Waals surface area contributed by atoms with Gasteiger partial charge in [-0.15, -0.1) is 0 Å². The summed E-state index contributed by atoms with van der Waals surface area (Å²) in [6, 6.07) is 7.49. The van der Waals surface area contributed by atoms with Crippen LogP contribution in [0.4, 0.5) is 18.9 Å². The van der Waals surface area contributed by atoms with Gasteiger partial charge in [-0.1, -0.05) is 12.1 Å². The standard InChI is InChI=1S/C16H12F3N3O4/c17-16(18,19)12-5-3-7-20-14(12)26-10-8-21(9-10)15(23)11-4-1-2-6-13(11)22(24)25/h1-7,10H,8-9H2. The first kappa shape index (κ1) is 17.6. The molecule has 26 heavy (non-hydrogen) atoms. The number of carbonyl (C=O) groups is 1. The molecule has 10 heteroatoms. The van der Waals surface area contributed by atoms with E-state index in [2.05, 4.69) is 4.98 Å². The maximum absolute atomic E-state index is 12.9. The minimum Gasteiger partial charge on any atom is -0.470 e. The molecule has 3 rings (SSSR count). The molecule has 0 aliphatic carbocycles. The number of ether oxygens (including phenoxy) is 1. The van der Waals surface area contributed by atoms with Gasteiger partial charge in [0.2, 0.25) is 5.88 Å². The highest BCUT2D eigenvalue weighted by atomic mass is 19.4. The summed E-state index contributed by atoms with van der Waals surface area (Å²) in [5, 5.41) is 11.0. The van der Waals surface area contributed by atoms with E-state index >= 15 is 0 Å². The third-order valence-corrected chi connectivity index (χ3v) is 3.82. The average Bonchev–Trinajstić information content (AvgIpc) is 2.56. The number of hydrogen-bond donors (Lipinski definition) is 0. The quantitative estimate of drug-likeness (QED) is 0.613. The van der Waals surface area contributed by atoms with Gasteiger partial charge in [0, 0.05) is 12.3 Å². The van der Waals surface area contributed by atoms with Crippen LogP contribution in [0.1, 0.15) is 15.9 Å². The number of rotatable bonds is 4. The number of likely N-dealkylation sites (tertiary alicyclic amines) is 1. The Bertz CT molecular complexity index is 851. The van der Waals surface area contributed by atoms with Crippen molar-refractivity contribution in [3.8, 4) is 5.88 Å². The first-order chi connectivity index (χ1) is 12.3. The van der Waals surface area contributed by atoms with Crippen molar-refractivity contribution in [1.82, 2.24) is 9.88 Å². The molecular weight excluding hydrogens is 355 g/mol. The molecule has 2 heterocycles. The van der Waals surface area contributed by atoms with E-state index in [0.717, 1.165) is 12.1 Å². The lowest BCUT2D eigenvalue weighted by molar-refractivity contribution is -0.385. The number of hydrogen-bond acceptors (Lipinski definition) is 5. The van der Waals surface area contributed by atoms with Crippen LogP contribution in [0, 0.1) is 10.1 Å². The maximum Gasteiger partial charge on any atom is 0.421 e. The largest absolute Gasteiger partial charge is 0.470 e. The van der Waals surface area contributed by atoms with Gasteiger partial charge in [-0.05, 0) is 18.2 Å². The molecule has 0 saturated carbocycles. The van der Waals surface area contributed by atoms with E-state index in [1.165, 1.54) is 35.4 Å². The Hall–Kier alpha value is -3.17. The molecular formula is C16H12F3N3O4. The second-order valence-corrected chi connectivity index (χ2v) is 5.58. The van der Waals surface area contributed by atoms with E-state index in [1.807, 2.05) is 0 Å². The van der Waals surface area contributed by atoms with Gasteiger partial charge in [0.15, 0.2) is 0 Å². The van der Waals surface area contributed by atoms with Crippen molar-refractivity contribution >= 4 is 11.6 Å². The van der Waals surface area contributed by atoms with Gasteiger partial charge in [0.05, 0.1) is 18.0 Å². The highest BCUT2D eigenvalue weighted by Gasteiger charge is 2.39. The molecule has 0 radical (unpaired) electrons. The zero-order valence-corrected chi connectivity index (χ0v) is 13.1. The molecule has 1 amide bonds. The van der Waals surface area contributed by atoms with E-state index in [4.69, 9.17) is 4.74 Å². The Morgan fingerprint density at radius 3 is 2.58 bits per heavy atom. The first-order valence-corrected chi connectivity index (χ1v) is 7.49. The number of pyridine rings is 1. The molecule has 0 spiro atoms. The lowest BCUT2D eigenvalue weighted by Crippen LogP contribution is -2.56. The SMILES string of the molecule is O=C(c1ccccc1[N+](=O)[O-])N1CC(Oc2ncccc2C(F)(F)F)C1. The van der Waals surface area contributed by atoms with Gasteiger partial charge in [0.25, 0.3) is 11.6 Å². The minimum absolute atomic E-state index is 0.0127. The molecule has 1 aromatic carbocycles. The van der Waals surface area contributed by atoms with Crippen LogP contribution in [0.2, 0.25) is 0 Å². The molecule has 2 aromatic rings. The number of carbonyl (C=O) groups excluding carboxylic acids is 1. The van der Waals surface area contributed by atoms with Gasteiger partial charge >= 0.3 is 6.18 Å². The van der Waals surface area contributed by atoms with Crippen LogP contribution < -0.4 is 4.74 Å². The van der Waals surface area contributed by atoms with Crippen molar-refractivity contribution in [2.24, 2.45) is 0 Å². The third-order valence-electron chi connectivity index (χ3n) is 3.82. The summed E-state index contributed by atoms with van der Waals surface area (Å²) in [7, 11) is 0. The van der Waals surface area contributed by atoms with Crippen molar-refractivity contribution in [3.63, 3.8) is 0 Å². The highest BCUT2D eigenvalue weighted by molar-refractivity contribution is 5.98. The lowest BCUT2D eigenvalue weighted by Gasteiger charge is -2.38. The second kappa shape index (κ2) is 6.62. The fourth-order valence-corrected chi connectivity index (χ4v) is 2.52. The Balaban J connectivity index is 1.67. The maximum atomic E-state index is 12.9. The summed E-state index contributed by atoms with van der Waals surface area (Å²) in [5.41, 5.74) is -1.40. The van der Waals surface area contributed by atoms with Crippen molar-refractivity contribution in [3.05, 3.63) is 63.8 Å². The van der Waals surface area contributed by atoms with E-state index in [1.54, 1.807) is 0 Å². The zero-order valence-electron chi connectivity index (χ0n) is 13.1. The van der Waals surface area contributed by atoms with Crippen LogP contribution in [-0.2, 0) is 6.18 Å². The van der Waals surface area contributed by atoms with Crippen LogP contribution in [0.15, 0.2) is 42.6 Å². The van der Waals surface area contributed by atoms with E-state index in [0.29, 0.717) is 0 Å². The van der Waals surface area contributed by atoms with Crippen LogP contribution in [0.3, 0.4) is 0 Å². The molecule has 1 saturated heterocycles. The molecule has 1 fully saturated rings. The van der Waals surface area contributed by atoms with Gasteiger partial charge in [0.1, 0.15) is 17.2 Å². The minimum atomic E-state index is -4.60. The summed E-state index contributed by atoms with van der Waals surface area (Å²) in [6.45, 7) is 0.0253. The molecule has 0 unspecified atom stereocenters. The lowest BCUT2D eigenvalue weighted by atomic mass is 10.1. The normalized spacial score (nSPS) is 14.7. The number of benzene rings is 1. The number of nitrogens with zero attached hydrogens (tertiary/aromatic N) is 3. The molecule has 0 bridgehead atoms. The summed E-state index contributed by atoms with van der Waals surface area (Å²) < 4.78 is 44.0. The molecule has 1 aliphatic rings. The van der Waals surface area contributed by atoms with Gasteiger partial charge in [-0.3, -0.25) is 14.9 Å². The predicted octanol–water partition coefficient (Wildman–Crippen LogP) is 2.91. The van der Waals surface area contributed by atoms with Crippen LogP contribution >= 0.6 is 0 Å². The molecule has 7 nitrogen and oxygen atoms in total. The van der Waals surface area contributed by atoms with Crippen molar-refractivity contribution < 1.29 is 27.6 Å². The summed E-state index contributed by atoms with van der Waals surface area (Å²) in [6.07, 6.45) is -4.09. The predicted molar refractivity (Wildman–Crippen MR) is 82.7 cm³/mol. The average molecular weight is 367 g/mol. The number of nitro groups is 1. The van der Waals surface area contributed by atoms with Crippen molar-refractivity contribution in [2.45, 2.75) is 12.3 Å². The number of alkyl halides is 3. The van der Waals surface area contributed by atoms with E-state index in [9.17, 15) is 28.1 Å². The number of amides is 1. The molecule has 1 aliphatic heterocycles. The molecule has 1 aromatic heterocycles. The van der Waals surface area contributed by atoms with Crippen LogP contribution in [0.5, 0.6) is 5.88 Å². The van der Waals surface area contributed by atoms with Crippen LogP contribution in [0.25, 0.3) is 0 Å². The van der Waals surface area contributed by atoms with Crippen molar-refractivity contribution in [2.75, 3.05) is 13.1 Å². The Morgan fingerprint density at radius 2 is 1.92 bits per heavy atom. The summed E-state index contributed by atoms with van der Waals surface area (Å²) >= 11 is 0. The zero-order chi connectivity index (χ0) is 18.9. The Morgan fingerprint density at radius 1 is 1.23 bits per heavy atom. The van der Waals surface area contributed by atoms with E-state index in [-0.39, 0.29) is 24.3 Å². The first-order valence-electron chi connectivity index (χ1n) is 7.49. The van der Waals surface area contributed by atoms with Crippen molar-refractivity contribution in [1.29, 1.82) is 0 Å². The summed E-state index contributed by atoms with van der Waals surface area (Å²) in [5.74, 6) is -1.13.